The molecular weight excluding hydrogens is 490 g/mol. The van der Waals surface area contributed by atoms with Gasteiger partial charge in [0, 0.05) is 35.2 Å². The van der Waals surface area contributed by atoms with Crippen LogP contribution in [-0.2, 0) is 11.2 Å². The van der Waals surface area contributed by atoms with Gasteiger partial charge in [-0.2, -0.15) is 0 Å². The predicted octanol–water partition coefficient (Wildman–Crippen LogP) is 6.50. The first kappa shape index (κ1) is 23.8. The first-order valence-corrected chi connectivity index (χ1v) is 12.3. The van der Waals surface area contributed by atoms with Crippen molar-refractivity contribution in [3.8, 4) is 22.9 Å². The van der Waals surface area contributed by atoms with Crippen molar-refractivity contribution in [2.45, 2.75) is 32.1 Å². The van der Waals surface area contributed by atoms with Crippen LogP contribution >= 0.6 is 0 Å². The maximum atomic E-state index is 14.8. The first-order chi connectivity index (χ1) is 18.4. The van der Waals surface area contributed by atoms with Crippen LogP contribution in [0.25, 0.3) is 22.3 Å². The van der Waals surface area contributed by atoms with E-state index in [-0.39, 0.29) is 34.7 Å². The molecule has 5 aromatic rings. The lowest BCUT2D eigenvalue weighted by molar-refractivity contribution is -0.145. The molecule has 6 rings (SSSR count). The number of carboxylic acid groups (broad SMARTS) is 1. The second kappa shape index (κ2) is 9.41. The molecule has 0 radical (unpaired) electrons. The second-order valence-electron chi connectivity index (χ2n) is 9.74. The molecule has 0 bridgehead atoms. The summed E-state index contributed by atoms with van der Waals surface area (Å²) in [7, 11) is 0. The number of aryl methyl sites for hydroxylation is 1. The maximum absolute atomic E-state index is 14.8. The van der Waals surface area contributed by atoms with Crippen molar-refractivity contribution in [1.82, 2.24) is 20.2 Å². The van der Waals surface area contributed by atoms with E-state index in [2.05, 4.69) is 26.2 Å². The molecule has 0 amide bonds. The lowest BCUT2D eigenvalue weighted by atomic mass is 9.71. The zero-order chi connectivity index (χ0) is 26.4. The molecule has 1 fully saturated rings. The zero-order valence-corrected chi connectivity index (χ0v) is 20.5. The van der Waals surface area contributed by atoms with E-state index in [1.54, 1.807) is 13.1 Å². The number of rotatable bonds is 7. The Hall–Kier alpha value is -4.53. The van der Waals surface area contributed by atoms with E-state index in [4.69, 9.17) is 9.84 Å². The van der Waals surface area contributed by atoms with Crippen LogP contribution in [0, 0.1) is 24.5 Å². The van der Waals surface area contributed by atoms with Crippen LogP contribution in [0.3, 0.4) is 0 Å². The highest BCUT2D eigenvalue weighted by Gasteiger charge is 2.35. The molecule has 192 valence electrons. The second-order valence-corrected chi connectivity index (χ2v) is 9.74. The van der Waals surface area contributed by atoms with Crippen molar-refractivity contribution in [3.05, 3.63) is 94.9 Å². The number of benzene rings is 3. The van der Waals surface area contributed by atoms with Crippen molar-refractivity contribution in [2.75, 3.05) is 0 Å². The van der Waals surface area contributed by atoms with Gasteiger partial charge in [-0.3, -0.25) is 4.79 Å². The van der Waals surface area contributed by atoms with Gasteiger partial charge in [-0.1, -0.05) is 24.3 Å². The predicted molar refractivity (Wildman–Crippen MR) is 137 cm³/mol. The Morgan fingerprint density at radius 1 is 1.08 bits per heavy atom. The van der Waals surface area contributed by atoms with E-state index >= 15 is 0 Å². The minimum absolute atomic E-state index is 0.0777. The number of ether oxygens (including phenoxy) is 1. The smallest absolute Gasteiger partial charge is 0.306 e. The van der Waals surface area contributed by atoms with Crippen LogP contribution in [-0.4, -0.2) is 31.2 Å². The lowest BCUT2D eigenvalue weighted by Gasteiger charge is -2.32. The third-order valence-corrected chi connectivity index (χ3v) is 7.24. The first-order valence-electron chi connectivity index (χ1n) is 12.3. The van der Waals surface area contributed by atoms with Crippen molar-refractivity contribution in [2.24, 2.45) is 5.92 Å². The molecule has 1 aliphatic rings. The van der Waals surface area contributed by atoms with Gasteiger partial charge in [0.2, 0.25) is 0 Å². The Bertz CT molecular complexity index is 1670. The number of fused-ring (bicyclic) bond motifs is 1. The van der Waals surface area contributed by atoms with Crippen LogP contribution in [0.4, 0.5) is 8.78 Å². The number of aromatic amines is 2. The standard InChI is InChI=1S/C29H24F2N4O3/c1-15-21-7-8-32-25(21)14-24(31)27(15)38-20-5-6-23(30)22(13-20)28-33-26(34-35-28)10-16-3-2-4-17(9-16)18-11-19(12-18)29(36)37/h2-9,13-14,18-19,32H,10-12H2,1H3,(H,36,37)(H,33,34,35). The largest absolute Gasteiger partial charge is 0.481 e. The molecule has 7 nitrogen and oxygen atoms in total. The average Bonchev–Trinajstić information content (AvgIpc) is 3.51. The summed E-state index contributed by atoms with van der Waals surface area (Å²) in [5, 5.41) is 18.3. The van der Waals surface area contributed by atoms with Gasteiger partial charge in [-0.15, -0.1) is 10.2 Å². The zero-order valence-electron chi connectivity index (χ0n) is 20.5. The Morgan fingerprint density at radius 3 is 2.74 bits per heavy atom. The summed E-state index contributed by atoms with van der Waals surface area (Å²) in [6, 6.07) is 15.4. The highest BCUT2D eigenvalue weighted by molar-refractivity contribution is 5.85. The van der Waals surface area contributed by atoms with Crippen LogP contribution < -0.4 is 4.74 Å². The molecule has 0 aliphatic heterocycles. The Labute approximate surface area is 216 Å². The van der Waals surface area contributed by atoms with Gasteiger partial charge in [0.05, 0.1) is 11.5 Å². The quantitative estimate of drug-likeness (QED) is 0.230. The van der Waals surface area contributed by atoms with Crippen molar-refractivity contribution >= 4 is 16.9 Å². The van der Waals surface area contributed by atoms with Gasteiger partial charge in [0.1, 0.15) is 17.4 Å². The van der Waals surface area contributed by atoms with Gasteiger partial charge in [0.15, 0.2) is 17.4 Å². The van der Waals surface area contributed by atoms with Crippen LogP contribution in [0.15, 0.2) is 60.8 Å². The minimum atomic E-state index is -0.740. The number of nitrogens with one attached hydrogen (secondary N) is 2. The monoisotopic (exact) mass is 514 g/mol. The fourth-order valence-corrected chi connectivity index (χ4v) is 5.05. The van der Waals surface area contributed by atoms with Crippen LogP contribution in [0.5, 0.6) is 11.5 Å². The van der Waals surface area contributed by atoms with Gasteiger partial charge < -0.3 is 19.8 Å². The van der Waals surface area contributed by atoms with E-state index in [0.717, 1.165) is 16.5 Å². The third-order valence-electron chi connectivity index (χ3n) is 7.24. The molecule has 3 aromatic carbocycles. The fourth-order valence-electron chi connectivity index (χ4n) is 5.05. The maximum Gasteiger partial charge on any atom is 0.306 e. The summed E-state index contributed by atoms with van der Waals surface area (Å²) in [4.78, 5) is 17.2. The molecule has 1 aliphatic carbocycles. The molecule has 0 saturated heterocycles. The number of H-pyrrole nitrogens is 2. The molecule has 0 spiro atoms. The summed E-state index contributed by atoms with van der Waals surface area (Å²) in [6.07, 6.45) is 3.47. The van der Waals surface area contributed by atoms with E-state index in [9.17, 15) is 13.6 Å². The number of nitrogens with zero attached hydrogens (tertiary/aromatic N) is 2. The molecule has 0 atom stereocenters. The van der Waals surface area contributed by atoms with Gasteiger partial charge >= 0.3 is 5.97 Å². The Morgan fingerprint density at radius 2 is 1.92 bits per heavy atom. The number of hydrogen-bond acceptors (Lipinski definition) is 4. The third kappa shape index (κ3) is 4.40. The SMILES string of the molecule is Cc1c(Oc2ccc(F)c(-c3nnc(Cc4cccc(C5CC(C(=O)O)C5)c4)[nH]3)c2)c(F)cc2[nH]ccc12. The summed E-state index contributed by atoms with van der Waals surface area (Å²) in [6.45, 7) is 1.77. The number of hydrogen-bond donors (Lipinski definition) is 3. The number of carboxylic acids is 1. The molecular formula is C29H24F2N4O3. The average molecular weight is 515 g/mol. The summed E-state index contributed by atoms with van der Waals surface area (Å²) < 4.78 is 35.4. The molecule has 1 saturated carbocycles. The molecule has 2 heterocycles. The highest BCUT2D eigenvalue weighted by atomic mass is 19.1. The van der Waals surface area contributed by atoms with Gasteiger partial charge in [-0.25, -0.2) is 8.78 Å². The van der Waals surface area contributed by atoms with E-state index < -0.39 is 17.6 Å². The van der Waals surface area contributed by atoms with Crippen molar-refractivity contribution in [3.63, 3.8) is 0 Å². The van der Waals surface area contributed by atoms with E-state index in [1.807, 2.05) is 24.3 Å². The normalized spacial score (nSPS) is 16.9. The van der Waals surface area contributed by atoms with E-state index in [1.165, 1.54) is 24.3 Å². The Balaban J connectivity index is 1.21. The van der Waals surface area contributed by atoms with Crippen LogP contribution in [0.1, 0.15) is 41.3 Å². The number of carbonyl (C=O) groups is 1. The van der Waals surface area contributed by atoms with Gasteiger partial charge in [0.25, 0.3) is 0 Å². The Kier molecular flexibility index (Phi) is 5.90. The topological polar surface area (TPSA) is 104 Å². The summed E-state index contributed by atoms with van der Waals surface area (Å²) >= 11 is 0. The molecule has 38 heavy (non-hydrogen) atoms. The summed E-state index contributed by atoms with van der Waals surface area (Å²) in [5.41, 5.74) is 3.56. The number of halogens is 2. The molecule has 9 heteroatoms. The van der Waals surface area contributed by atoms with Crippen molar-refractivity contribution < 1.29 is 23.4 Å². The molecule has 3 N–H and O–H groups in total. The van der Waals surface area contributed by atoms with Crippen molar-refractivity contribution in [1.29, 1.82) is 0 Å². The number of aromatic nitrogens is 4. The number of aliphatic carboxylic acids is 1. The minimum Gasteiger partial charge on any atom is -0.481 e. The van der Waals surface area contributed by atoms with Crippen LogP contribution in [0.2, 0.25) is 0 Å². The lowest BCUT2D eigenvalue weighted by Crippen LogP contribution is -2.28. The van der Waals surface area contributed by atoms with Gasteiger partial charge in [-0.05, 0) is 61.1 Å². The molecule has 0 unspecified atom stereocenters. The molecule has 2 aromatic heterocycles. The summed E-state index contributed by atoms with van der Waals surface area (Å²) in [5.74, 6) is -0.670. The fraction of sp³-hybridized carbons (Fsp3) is 0.207. The highest BCUT2D eigenvalue weighted by Crippen LogP contribution is 2.42. The van der Waals surface area contributed by atoms with E-state index in [0.29, 0.717) is 36.2 Å².